The first-order chi connectivity index (χ1) is 14.7. The summed E-state index contributed by atoms with van der Waals surface area (Å²) < 4.78 is 0. The number of rotatable bonds is 3. The summed E-state index contributed by atoms with van der Waals surface area (Å²) >= 11 is 0. The van der Waals surface area contributed by atoms with Crippen LogP contribution in [0, 0.1) is 11.8 Å². The molecule has 2 amide bonds. The number of hydrogen-bond acceptors (Lipinski definition) is 4. The molecule has 6 heteroatoms. The van der Waals surface area contributed by atoms with Crippen molar-refractivity contribution in [1.29, 1.82) is 0 Å². The third-order valence-corrected chi connectivity index (χ3v) is 6.06. The summed E-state index contributed by atoms with van der Waals surface area (Å²) in [4.78, 5) is 38.2. The zero-order chi connectivity index (χ0) is 20.5. The summed E-state index contributed by atoms with van der Waals surface area (Å²) in [6.45, 7) is 2.67. The molecule has 2 aliphatic heterocycles. The lowest BCUT2D eigenvalue weighted by molar-refractivity contribution is 0.0735. The Morgan fingerprint density at radius 1 is 0.767 bits per heavy atom. The normalized spacial score (nSPS) is 20.3. The highest BCUT2D eigenvalue weighted by molar-refractivity contribution is 5.99. The number of hydrogen-bond donors (Lipinski definition) is 0. The second kappa shape index (κ2) is 7.71. The Morgan fingerprint density at radius 2 is 1.43 bits per heavy atom. The SMILES string of the molecule is O=C(c1cccnc1)N1CC2CN(C(=O)c3ncccc3-c3ccccc3)CC2C1. The molecule has 2 atom stereocenters. The van der Waals surface area contributed by atoms with Crippen molar-refractivity contribution < 1.29 is 9.59 Å². The van der Waals surface area contributed by atoms with Crippen LogP contribution in [-0.2, 0) is 0 Å². The zero-order valence-electron chi connectivity index (χ0n) is 16.5. The first kappa shape index (κ1) is 18.5. The summed E-state index contributed by atoms with van der Waals surface area (Å²) in [7, 11) is 0. The second-order valence-electron chi connectivity index (χ2n) is 7.95. The van der Waals surface area contributed by atoms with Crippen LogP contribution in [0.5, 0.6) is 0 Å². The fourth-order valence-corrected chi connectivity index (χ4v) is 4.57. The second-order valence-corrected chi connectivity index (χ2v) is 7.95. The van der Waals surface area contributed by atoms with Gasteiger partial charge in [-0.15, -0.1) is 0 Å². The summed E-state index contributed by atoms with van der Waals surface area (Å²) in [5, 5.41) is 0. The Morgan fingerprint density at radius 3 is 2.10 bits per heavy atom. The predicted octanol–water partition coefficient (Wildman–Crippen LogP) is 2.99. The van der Waals surface area contributed by atoms with Gasteiger partial charge in [-0.1, -0.05) is 36.4 Å². The van der Waals surface area contributed by atoms with Gasteiger partial charge in [0.25, 0.3) is 11.8 Å². The third kappa shape index (κ3) is 3.34. The lowest BCUT2D eigenvalue weighted by atomic mass is 10.0. The van der Waals surface area contributed by atoms with Crippen molar-refractivity contribution in [3.8, 4) is 11.1 Å². The van der Waals surface area contributed by atoms with Crippen LogP contribution in [0.1, 0.15) is 20.8 Å². The maximum Gasteiger partial charge on any atom is 0.273 e. The molecule has 0 radical (unpaired) electrons. The summed E-state index contributed by atoms with van der Waals surface area (Å²) in [5.41, 5.74) is 2.95. The number of benzene rings is 1. The molecule has 4 heterocycles. The van der Waals surface area contributed by atoms with Crippen molar-refractivity contribution in [3.63, 3.8) is 0 Å². The van der Waals surface area contributed by atoms with E-state index >= 15 is 0 Å². The molecule has 2 fully saturated rings. The average molecular weight is 398 g/mol. The first-order valence-corrected chi connectivity index (χ1v) is 10.2. The lowest BCUT2D eigenvalue weighted by Gasteiger charge is -2.22. The molecule has 5 rings (SSSR count). The largest absolute Gasteiger partial charge is 0.338 e. The number of nitrogens with zero attached hydrogens (tertiary/aromatic N) is 4. The quantitative estimate of drug-likeness (QED) is 0.680. The monoisotopic (exact) mass is 398 g/mol. The molecular formula is C24H22N4O2. The Kier molecular flexibility index (Phi) is 4.75. The van der Waals surface area contributed by atoms with Gasteiger partial charge in [0, 0.05) is 62.2 Å². The number of carbonyl (C=O) groups excluding carboxylic acids is 2. The standard InChI is InChI=1S/C24H22N4O2/c29-23(18-8-4-10-25-12-18)27-13-19-15-28(16-20(19)14-27)24(30)22-21(9-5-11-26-22)17-6-2-1-3-7-17/h1-12,19-20H,13-16H2. The van der Waals surface area contributed by atoms with Gasteiger partial charge in [-0.05, 0) is 23.8 Å². The van der Waals surface area contributed by atoms with E-state index in [1.807, 2.05) is 52.3 Å². The topological polar surface area (TPSA) is 66.4 Å². The smallest absolute Gasteiger partial charge is 0.273 e. The van der Waals surface area contributed by atoms with E-state index in [2.05, 4.69) is 9.97 Å². The van der Waals surface area contributed by atoms with E-state index in [1.54, 1.807) is 30.7 Å². The molecule has 150 valence electrons. The minimum atomic E-state index is -0.0333. The maximum absolute atomic E-state index is 13.3. The van der Waals surface area contributed by atoms with E-state index in [4.69, 9.17) is 0 Å². The van der Waals surface area contributed by atoms with E-state index in [0.29, 0.717) is 49.3 Å². The van der Waals surface area contributed by atoms with Gasteiger partial charge in [0.1, 0.15) is 5.69 Å². The lowest BCUT2D eigenvalue weighted by Crippen LogP contribution is -2.36. The molecule has 2 unspecified atom stereocenters. The van der Waals surface area contributed by atoms with Gasteiger partial charge in [0.15, 0.2) is 0 Å². The molecule has 1 aromatic carbocycles. The highest BCUT2D eigenvalue weighted by Crippen LogP contribution is 2.33. The highest BCUT2D eigenvalue weighted by atomic mass is 16.2. The van der Waals surface area contributed by atoms with Crippen LogP contribution in [0.15, 0.2) is 73.2 Å². The molecule has 0 bridgehead atoms. The maximum atomic E-state index is 13.3. The number of pyridine rings is 2. The molecule has 2 aliphatic rings. The van der Waals surface area contributed by atoms with E-state index in [1.165, 1.54) is 0 Å². The van der Waals surface area contributed by atoms with Gasteiger partial charge >= 0.3 is 0 Å². The summed E-state index contributed by atoms with van der Waals surface area (Å²) in [6, 6.07) is 17.3. The van der Waals surface area contributed by atoms with E-state index in [9.17, 15) is 9.59 Å². The van der Waals surface area contributed by atoms with Crippen molar-refractivity contribution in [3.05, 3.63) is 84.4 Å². The molecule has 0 saturated carbocycles. The van der Waals surface area contributed by atoms with Crippen LogP contribution < -0.4 is 0 Å². The van der Waals surface area contributed by atoms with Crippen molar-refractivity contribution in [1.82, 2.24) is 19.8 Å². The molecule has 2 saturated heterocycles. The van der Waals surface area contributed by atoms with Crippen LogP contribution in [0.2, 0.25) is 0 Å². The number of likely N-dealkylation sites (tertiary alicyclic amines) is 2. The average Bonchev–Trinajstić information content (AvgIpc) is 3.39. The Balaban J connectivity index is 1.30. The zero-order valence-corrected chi connectivity index (χ0v) is 16.5. The van der Waals surface area contributed by atoms with Crippen LogP contribution in [-0.4, -0.2) is 57.8 Å². The molecule has 6 nitrogen and oxygen atoms in total. The predicted molar refractivity (Wildman–Crippen MR) is 113 cm³/mol. The first-order valence-electron chi connectivity index (χ1n) is 10.2. The molecular weight excluding hydrogens is 376 g/mol. The number of amides is 2. The number of fused-ring (bicyclic) bond motifs is 1. The van der Waals surface area contributed by atoms with Gasteiger partial charge in [-0.25, -0.2) is 0 Å². The van der Waals surface area contributed by atoms with E-state index in [-0.39, 0.29) is 11.8 Å². The van der Waals surface area contributed by atoms with Gasteiger partial charge in [0.2, 0.25) is 0 Å². The molecule has 30 heavy (non-hydrogen) atoms. The Labute approximate surface area is 175 Å². The third-order valence-electron chi connectivity index (χ3n) is 6.06. The van der Waals surface area contributed by atoms with Crippen LogP contribution in [0.3, 0.4) is 0 Å². The molecule has 0 spiro atoms. The fraction of sp³-hybridized carbons (Fsp3) is 0.250. The van der Waals surface area contributed by atoms with E-state index in [0.717, 1.165) is 11.1 Å². The Hall–Kier alpha value is -3.54. The highest BCUT2D eigenvalue weighted by Gasteiger charge is 2.43. The minimum absolute atomic E-state index is 0.0199. The van der Waals surface area contributed by atoms with Gasteiger partial charge < -0.3 is 9.80 Å². The van der Waals surface area contributed by atoms with Crippen LogP contribution in [0.4, 0.5) is 0 Å². The van der Waals surface area contributed by atoms with Crippen LogP contribution in [0.25, 0.3) is 11.1 Å². The van der Waals surface area contributed by atoms with Gasteiger partial charge in [-0.3, -0.25) is 19.6 Å². The Bertz CT molecular complexity index is 1060. The van der Waals surface area contributed by atoms with E-state index < -0.39 is 0 Å². The van der Waals surface area contributed by atoms with Gasteiger partial charge in [-0.2, -0.15) is 0 Å². The molecule has 0 aliphatic carbocycles. The minimum Gasteiger partial charge on any atom is -0.338 e. The van der Waals surface area contributed by atoms with Crippen molar-refractivity contribution in [2.45, 2.75) is 0 Å². The van der Waals surface area contributed by atoms with Crippen molar-refractivity contribution >= 4 is 11.8 Å². The number of carbonyl (C=O) groups is 2. The van der Waals surface area contributed by atoms with Crippen LogP contribution >= 0.6 is 0 Å². The van der Waals surface area contributed by atoms with Crippen molar-refractivity contribution in [2.75, 3.05) is 26.2 Å². The fourth-order valence-electron chi connectivity index (χ4n) is 4.57. The summed E-state index contributed by atoms with van der Waals surface area (Å²) in [5.74, 6) is 0.595. The molecule has 0 N–H and O–H groups in total. The molecule has 3 aromatic rings. The molecule has 2 aromatic heterocycles. The summed E-state index contributed by atoms with van der Waals surface area (Å²) in [6.07, 6.45) is 4.95. The van der Waals surface area contributed by atoms with Crippen molar-refractivity contribution in [2.24, 2.45) is 11.8 Å². The number of aromatic nitrogens is 2. The van der Waals surface area contributed by atoms with Gasteiger partial charge in [0.05, 0.1) is 5.56 Å².